The van der Waals surface area contributed by atoms with Crippen molar-refractivity contribution in [3.05, 3.63) is 16.5 Å². The molecule has 1 aliphatic heterocycles. The van der Waals surface area contributed by atoms with Crippen LogP contribution in [0, 0.1) is 0 Å². The lowest BCUT2D eigenvalue weighted by molar-refractivity contribution is -0.122. The van der Waals surface area contributed by atoms with E-state index in [1.807, 2.05) is 20.8 Å². The molecule has 2 amide bonds. The van der Waals surface area contributed by atoms with Crippen LogP contribution in [-0.2, 0) is 19.6 Å². The molecule has 0 saturated carbocycles. The number of likely N-dealkylation sites (N-methyl/N-ethyl adjacent to an activating group) is 1. The number of ether oxygens (including phenoxy) is 1. The number of halogens is 1. The topological polar surface area (TPSA) is 96.0 Å². The molecule has 1 aliphatic rings. The SMILES string of the molecule is CN(CC(=O)NC1CCN(C(=O)OC(C)(C)C)CC1)S(=O)(=O)c1ccc(Cl)s1. The first-order valence-corrected chi connectivity index (χ1v) is 11.5. The first kappa shape index (κ1) is 22.9. The lowest BCUT2D eigenvalue weighted by Gasteiger charge is -2.33. The van der Waals surface area contributed by atoms with Gasteiger partial charge in [-0.05, 0) is 45.7 Å². The maximum atomic E-state index is 12.4. The number of rotatable bonds is 5. The molecule has 0 unspecified atom stereocenters. The minimum absolute atomic E-state index is 0.0958. The Balaban J connectivity index is 1.82. The number of likely N-dealkylation sites (tertiary alicyclic amines) is 1. The van der Waals surface area contributed by atoms with Crippen LogP contribution in [0.4, 0.5) is 4.79 Å². The summed E-state index contributed by atoms with van der Waals surface area (Å²) in [6, 6.07) is 2.81. The summed E-state index contributed by atoms with van der Waals surface area (Å²) in [5, 5.41) is 2.84. The van der Waals surface area contributed by atoms with Crippen molar-refractivity contribution in [1.82, 2.24) is 14.5 Å². The Labute approximate surface area is 174 Å². The van der Waals surface area contributed by atoms with Crippen LogP contribution in [0.1, 0.15) is 33.6 Å². The van der Waals surface area contributed by atoms with Gasteiger partial charge >= 0.3 is 6.09 Å². The molecule has 0 aliphatic carbocycles. The van der Waals surface area contributed by atoms with E-state index in [1.165, 1.54) is 19.2 Å². The molecule has 0 radical (unpaired) electrons. The zero-order valence-corrected chi connectivity index (χ0v) is 18.8. The number of thiophene rings is 1. The number of nitrogens with zero attached hydrogens (tertiary/aromatic N) is 2. The molecule has 2 rings (SSSR count). The van der Waals surface area contributed by atoms with Crippen molar-refractivity contribution in [1.29, 1.82) is 0 Å². The molecule has 0 atom stereocenters. The van der Waals surface area contributed by atoms with Crippen LogP contribution in [0.25, 0.3) is 0 Å². The van der Waals surface area contributed by atoms with Crippen LogP contribution < -0.4 is 5.32 Å². The predicted molar refractivity (Wildman–Crippen MR) is 108 cm³/mol. The summed E-state index contributed by atoms with van der Waals surface area (Å²) in [5.41, 5.74) is -0.551. The third kappa shape index (κ3) is 6.33. The van der Waals surface area contributed by atoms with Gasteiger partial charge in [-0.25, -0.2) is 13.2 Å². The first-order chi connectivity index (χ1) is 12.9. The predicted octanol–water partition coefficient (Wildman–Crippen LogP) is 2.54. The maximum absolute atomic E-state index is 12.4. The van der Waals surface area contributed by atoms with E-state index >= 15 is 0 Å². The lowest BCUT2D eigenvalue weighted by atomic mass is 10.1. The Morgan fingerprint density at radius 3 is 2.43 bits per heavy atom. The van der Waals surface area contributed by atoms with E-state index in [1.54, 1.807) is 4.90 Å². The van der Waals surface area contributed by atoms with Gasteiger partial charge in [-0.15, -0.1) is 11.3 Å². The summed E-state index contributed by atoms with van der Waals surface area (Å²) in [5.74, 6) is -0.385. The second-order valence-electron chi connectivity index (χ2n) is 7.63. The molecule has 1 saturated heterocycles. The summed E-state index contributed by atoms with van der Waals surface area (Å²) in [6.45, 7) is 6.10. The highest BCUT2D eigenvalue weighted by atomic mass is 35.5. The number of sulfonamides is 1. The highest BCUT2D eigenvalue weighted by Gasteiger charge is 2.29. The van der Waals surface area contributed by atoms with E-state index < -0.39 is 15.6 Å². The highest BCUT2D eigenvalue weighted by Crippen LogP contribution is 2.27. The summed E-state index contributed by atoms with van der Waals surface area (Å²) in [7, 11) is -2.40. The molecule has 0 spiro atoms. The summed E-state index contributed by atoms with van der Waals surface area (Å²) >= 11 is 6.74. The normalized spacial score (nSPS) is 16.3. The van der Waals surface area contributed by atoms with Crippen LogP contribution in [-0.4, -0.2) is 67.9 Å². The van der Waals surface area contributed by atoms with Crippen molar-refractivity contribution in [2.75, 3.05) is 26.7 Å². The average molecular weight is 452 g/mol. The Bertz CT molecular complexity index is 811. The van der Waals surface area contributed by atoms with Gasteiger partial charge in [-0.1, -0.05) is 11.6 Å². The van der Waals surface area contributed by atoms with Gasteiger partial charge in [-0.2, -0.15) is 4.31 Å². The molecule has 1 fully saturated rings. The lowest BCUT2D eigenvalue weighted by Crippen LogP contribution is -2.49. The van der Waals surface area contributed by atoms with Crippen LogP contribution in [0.5, 0.6) is 0 Å². The summed E-state index contributed by atoms with van der Waals surface area (Å²) in [4.78, 5) is 25.9. The van der Waals surface area contributed by atoms with Crippen molar-refractivity contribution in [2.45, 2.75) is 49.5 Å². The summed E-state index contributed by atoms with van der Waals surface area (Å²) < 4.78 is 31.7. The number of hydrogen-bond donors (Lipinski definition) is 1. The minimum atomic E-state index is -3.75. The minimum Gasteiger partial charge on any atom is -0.444 e. The van der Waals surface area contributed by atoms with E-state index in [4.69, 9.17) is 16.3 Å². The fraction of sp³-hybridized carbons (Fsp3) is 0.647. The molecule has 2 heterocycles. The number of amides is 2. The van der Waals surface area contributed by atoms with Gasteiger partial charge in [0, 0.05) is 26.2 Å². The zero-order valence-electron chi connectivity index (χ0n) is 16.4. The van der Waals surface area contributed by atoms with E-state index in [2.05, 4.69) is 5.32 Å². The molecular formula is C17H26ClN3O5S2. The van der Waals surface area contributed by atoms with Gasteiger partial charge < -0.3 is 15.0 Å². The number of carbonyl (C=O) groups excluding carboxylic acids is 2. The van der Waals surface area contributed by atoms with E-state index in [0.717, 1.165) is 15.6 Å². The average Bonchev–Trinajstić information content (AvgIpc) is 3.01. The highest BCUT2D eigenvalue weighted by molar-refractivity contribution is 7.91. The molecule has 1 N–H and O–H groups in total. The number of hydrogen-bond acceptors (Lipinski definition) is 6. The van der Waals surface area contributed by atoms with E-state index in [-0.39, 0.29) is 28.8 Å². The van der Waals surface area contributed by atoms with Crippen LogP contribution in [0.2, 0.25) is 4.34 Å². The number of carbonyl (C=O) groups is 2. The van der Waals surface area contributed by atoms with Crippen LogP contribution in [0.15, 0.2) is 16.3 Å². The molecule has 0 aromatic carbocycles. The Morgan fingerprint density at radius 1 is 1.32 bits per heavy atom. The number of piperidine rings is 1. The van der Waals surface area contributed by atoms with Gasteiger partial charge in [0.1, 0.15) is 9.81 Å². The second kappa shape index (κ2) is 8.98. The first-order valence-electron chi connectivity index (χ1n) is 8.87. The maximum Gasteiger partial charge on any atom is 0.410 e. The van der Waals surface area contributed by atoms with Gasteiger partial charge in [0.15, 0.2) is 0 Å². The molecule has 158 valence electrons. The van der Waals surface area contributed by atoms with Crippen molar-refractivity contribution in [3.8, 4) is 0 Å². The van der Waals surface area contributed by atoms with Gasteiger partial charge in [0.05, 0.1) is 10.9 Å². The summed E-state index contributed by atoms with van der Waals surface area (Å²) in [6.07, 6.45) is 0.807. The molecule has 11 heteroatoms. The van der Waals surface area contributed by atoms with E-state index in [9.17, 15) is 18.0 Å². The quantitative estimate of drug-likeness (QED) is 0.742. The molecule has 28 heavy (non-hydrogen) atoms. The van der Waals surface area contributed by atoms with Crippen LogP contribution in [0.3, 0.4) is 0 Å². The largest absolute Gasteiger partial charge is 0.444 e. The Kier molecular flexibility index (Phi) is 7.35. The zero-order chi connectivity index (χ0) is 21.1. The Morgan fingerprint density at radius 2 is 1.93 bits per heavy atom. The molecule has 1 aromatic heterocycles. The van der Waals surface area contributed by atoms with Crippen molar-refractivity contribution < 1.29 is 22.7 Å². The third-order valence-electron chi connectivity index (χ3n) is 4.09. The van der Waals surface area contributed by atoms with Crippen LogP contribution >= 0.6 is 22.9 Å². The Hall–Kier alpha value is -1.36. The standard InChI is InChI=1S/C17H26ClN3O5S2/c1-17(2,3)26-16(23)21-9-7-12(8-10-21)19-14(22)11-20(4)28(24,25)15-6-5-13(18)27-15/h5-6,12H,7-11H2,1-4H3,(H,19,22). The van der Waals surface area contributed by atoms with Gasteiger partial charge in [0.25, 0.3) is 10.0 Å². The molecule has 8 nitrogen and oxygen atoms in total. The van der Waals surface area contributed by atoms with Gasteiger partial charge in [-0.3, -0.25) is 4.79 Å². The van der Waals surface area contributed by atoms with E-state index in [0.29, 0.717) is 30.3 Å². The monoisotopic (exact) mass is 451 g/mol. The number of nitrogens with one attached hydrogen (secondary N) is 1. The molecule has 1 aromatic rings. The fourth-order valence-electron chi connectivity index (χ4n) is 2.68. The second-order valence-corrected chi connectivity index (χ2v) is 11.6. The van der Waals surface area contributed by atoms with Gasteiger partial charge in [0.2, 0.25) is 5.91 Å². The van der Waals surface area contributed by atoms with Crippen molar-refractivity contribution in [2.24, 2.45) is 0 Å². The fourth-order valence-corrected chi connectivity index (χ4v) is 5.50. The third-order valence-corrected chi connectivity index (χ3v) is 7.59. The van der Waals surface area contributed by atoms with Crippen molar-refractivity contribution in [3.63, 3.8) is 0 Å². The van der Waals surface area contributed by atoms with Crippen molar-refractivity contribution >= 4 is 45.0 Å². The molecule has 0 bridgehead atoms. The smallest absolute Gasteiger partial charge is 0.410 e. The molecular weight excluding hydrogens is 426 g/mol.